The fourth-order valence-corrected chi connectivity index (χ4v) is 3.83. The Morgan fingerprint density at radius 3 is 2.80 bits per heavy atom. The number of rotatable bonds is 3. The molecule has 1 N–H and O–H groups in total. The zero-order valence-electron chi connectivity index (χ0n) is 10.6. The van der Waals surface area contributed by atoms with Gasteiger partial charge in [0.2, 0.25) is 4.91 Å². The van der Waals surface area contributed by atoms with Gasteiger partial charge in [-0.15, -0.1) is 11.8 Å². The Kier molecular flexibility index (Phi) is 4.23. The largest absolute Gasteiger partial charge is 0.495 e. The van der Waals surface area contributed by atoms with Crippen molar-refractivity contribution in [2.45, 2.75) is 0 Å². The maximum atomic E-state index is 11.3. The lowest BCUT2D eigenvalue weighted by molar-refractivity contribution is 0.415. The lowest BCUT2D eigenvalue weighted by Crippen LogP contribution is -2.20. The first-order valence-electron chi connectivity index (χ1n) is 5.64. The van der Waals surface area contributed by atoms with Crippen LogP contribution in [0.1, 0.15) is 0 Å². The monoisotopic (exact) mass is 312 g/mol. The minimum absolute atomic E-state index is 0.222. The van der Waals surface area contributed by atoms with Crippen molar-refractivity contribution in [1.82, 2.24) is 0 Å². The molecule has 0 amide bonds. The summed E-state index contributed by atoms with van der Waals surface area (Å²) in [5, 5.41) is 9.22. The van der Waals surface area contributed by atoms with Crippen LogP contribution in [0.5, 0.6) is 5.75 Å². The van der Waals surface area contributed by atoms with Gasteiger partial charge in [0.1, 0.15) is 16.8 Å². The number of para-hydroxylation sites is 2. The minimum Gasteiger partial charge on any atom is -0.495 e. The Morgan fingerprint density at radius 2 is 2.20 bits per heavy atom. The van der Waals surface area contributed by atoms with E-state index in [1.807, 2.05) is 0 Å². The number of nitrogens with zero attached hydrogens (tertiary/aromatic N) is 2. The van der Waals surface area contributed by atoms with Crippen molar-refractivity contribution >= 4 is 27.6 Å². The van der Waals surface area contributed by atoms with Crippen molar-refractivity contribution in [2.75, 3.05) is 24.3 Å². The highest BCUT2D eigenvalue weighted by molar-refractivity contribution is 8.04. The van der Waals surface area contributed by atoms with E-state index in [2.05, 4.69) is 0 Å². The Bertz CT molecular complexity index is 692. The van der Waals surface area contributed by atoms with Crippen molar-refractivity contribution in [3.63, 3.8) is 0 Å². The van der Waals surface area contributed by atoms with Crippen molar-refractivity contribution < 1.29 is 17.7 Å². The molecule has 0 atom stereocenters. The minimum atomic E-state index is -4.54. The van der Waals surface area contributed by atoms with Crippen LogP contribution in [-0.2, 0) is 10.1 Å². The van der Waals surface area contributed by atoms with Crippen molar-refractivity contribution in [2.24, 2.45) is 0 Å². The summed E-state index contributed by atoms with van der Waals surface area (Å²) in [4.78, 5) is 1.03. The van der Waals surface area contributed by atoms with Gasteiger partial charge in [0.05, 0.1) is 12.8 Å². The first kappa shape index (κ1) is 14.7. The van der Waals surface area contributed by atoms with Gasteiger partial charge >= 0.3 is 10.1 Å². The van der Waals surface area contributed by atoms with Crippen LogP contribution in [0.2, 0.25) is 0 Å². The second kappa shape index (κ2) is 5.75. The van der Waals surface area contributed by atoms with E-state index >= 15 is 0 Å². The van der Waals surface area contributed by atoms with E-state index in [1.54, 1.807) is 35.2 Å². The van der Waals surface area contributed by atoms with Gasteiger partial charge in [-0.3, -0.25) is 4.55 Å². The quantitative estimate of drug-likeness (QED) is 0.672. The standard InChI is InChI=1S/C12H12N2O4S2/c1-18-10-5-3-2-4-9(10)14-6-7-19-12(14)11(8-13)20(15,16)17/h2-5H,6-7H2,1H3,(H,15,16,17)/b12-11-. The number of anilines is 1. The zero-order chi connectivity index (χ0) is 14.8. The van der Waals surface area contributed by atoms with Crippen LogP contribution in [0.3, 0.4) is 0 Å². The molecule has 1 aliphatic rings. The predicted molar refractivity (Wildman–Crippen MR) is 77.0 cm³/mol. The number of hydrogen-bond donors (Lipinski definition) is 1. The van der Waals surface area contributed by atoms with E-state index in [0.717, 1.165) is 0 Å². The third kappa shape index (κ3) is 2.75. The lowest BCUT2D eigenvalue weighted by atomic mass is 10.2. The van der Waals surface area contributed by atoms with Crippen LogP contribution in [0.15, 0.2) is 34.2 Å². The molecule has 0 unspecified atom stereocenters. The number of nitriles is 1. The lowest BCUT2D eigenvalue weighted by Gasteiger charge is -2.21. The summed E-state index contributed by atoms with van der Waals surface area (Å²) in [5.41, 5.74) is 0.659. The van der Waals surface area contributed by atoms with Crippen LogP contribution in [0, 0.1) is 11.3 Å². The molecular formula is C12H12N2O4S2. The fraction of sp³-hybridized carbons (Fsp3) is 0.250. The van der Waals surface area contributed by atoms with Gasteiger partial charge in [-0.1, -0.05) is 12.1 Å². The summed E-state index contributed by atoms with van der Waals surface area (Å²) in [5.74, 6) is 1.19. The highest BCUT2D eigenvalue weighted by Crippen LogP contribution is 2.40. The molecule has 20 heavy (non-hydrogen) atoms. The molecule has 0 radical (unpaired) electrons. The highest BCUT2D eigenvalue weighted by Gasteiger charge is 2.30. The Hall–Kier alpha value is -1.69. The maximum Gasteiger partial charge on any atom is 0.307 e. The van der Waals surface area contributed by atoms with Crippen molar-refractivity contribution in [3.05, 3.63) is 34.2 Å². The number of benzene rings is 1. The number of ether oxygens (including phenoxy) is 1. The van der Waals surface area contributed by atoms with Gasteiger partial charge in [-0.2, -0.15) is 13.7 Å². The zero-order valence-corrected chi connectivity index (χ0v) is 12.2. The van der Waals surface area contributed by atoms with Gasteiger partial charge in [0, 0.05) is 12.3 Å². The van der Waals surface area contributed by atoms with E-state index < -0.39 is 15.0 Å². The van der Waals surface area contributed by atoms with Crippen molar-refractivity contribution in [1.29, 1.82) is 5.26 Å². The Labute approximate surface area is 121 Å². The molecule has 1 aromatic rings. The van der Waals surface area contributed by atoms with Crippen LogP contribution in [-0.4, -0.2) is 32.4 Å². The molecule has 106 valence electrons. The molecule has 1 saturated heterocycles. The Balaban J connectivity index is 2.58. The van der Waals surface area contributed by atoms with Crippen LogP contribution in [0.25, 0.3) is 0 Å². The molecule has 0 bridgehead atoms. The highest BCUT2D eigenvalue weighted by atomic mass is 32.2. The molecule has 0 aliphatic carbocycles. The molecule has 8 heteroatoms. The second-order valence-electron chi connectivity index (χ2n) is 3.89. The SMILES string of the molecule is COc1ccccc1N1CCS/C1=C(/C#N)S(=O)(=O)O. The third-order valence-electron chi connectivity index (χ3n) is 2.73. The molecule has 0 aromatic heterocycles. The van der Waals surface area contributed by atoms with E-state index in [1.165, 1.54) is 18.9 Å². The van der Waals surface area contributed by atoms with Gasteiger partial charge in [-0.05, 0) is 12.1 Å². The molecular weight excluding hydrogens is 300 g/mol. The topological polar surface area (TPSA) is 90.6 Å². The number of methoxy groups -OCH3 is 1. The number of allylic oxidation sites excluding steroid dienone is 1. The average Bonchev–Trinajstić information content (AvgIpc) is 2.86. The molecule has 1 fully saturated rings. The molecule has 1 aromatic carbocycles. The third-order valence-corrected chi connectivity index (χ3v) is 4.74. The number of thioether (sulfide) groups is 1. The summed E-state index contributed by atoms with van der Waals surface area (Å²) in [6.07, 6.45) is 0. The molecule has 1 heterocycles. The van der Waals surface area contributed by atoms with E-state index in [-0.39, 0.29) is 5.03 Å². The van der Waals surface area contributed by atoms with E-state index in [9.17, 15) is 8.42 Å². The van der Waals surface area contributed by atoms with Crippen LogP contribution < -0.4 is 9.64 Å². The average molecular weight is 312 g/mol. The van der Waals surface area contributed by atoms with Crippen LogP contribution in [0.4, 0.5) is 5.69 Å². The van der Waals surface area contributed by atoms with E-state index in [4.69, 9.17) is 14.6 Å². The molecule has 0 saturated carbocycles. The maximum absolute atomic E-state index is 11.3. The van der Waals surface area contributed by atoms with Crippen LogP contribution >= 0.6 is 11.8 Å². The molecule has 1 aliphatic heterocycles. The normalized spacial score (nSPS) is 17.8. The van der Waals surface area contributed by atoms with Gasteiger partial charge in [-0.25, -0.2) is 0 Å². The fourth-order valence-electron chi connectivity index (χ4n) is 1.90. The smallest absolute Gasteiger partial charge is 0.307 e. The Morgan fingerprint density at radius 1 is 1.50 bits per heavy atom. The van der Waals surface area contributed by atoms with Gasteiger partial charge in [0.15, 0.2) is 0 Å². The summed E-state index contributed by atoms with van der Waals surface area (Å²) >= 11 is 1.21. The van der Waals surface area contributed by atoms with E-state index in [0.29, 0.717) is 23.7 Å². The summed E-state index contributed by atoms with van der Waals surface area (Å²) in [6, 6.07) is 8.66. The number of hydrogen-bond acceptors (Lipinski definition) is 6. The molecule has 2 rings (SSSR count). The summed E-state index contributed by atoms with van der Waals surface area (Å²) in [7, 11) is -3.03. The second-order valence-corrected chi connectivity index (χ2v) is 6.34. The molecule has 0 spiro atoms. The summed E-state index contributed by atoms with van der Waals surface area (Å²) < 4.78 is 37.0. The predicted octanol–water partition coefficient (Wildman–Crippen LogP) is 1.83. The first-order valence-corrected chi connectivity index (χ1v) is 8.07. The van der Waals surface area contributed by atoms with Gasteiger partial charge < -0.3 is 9.64 Å². The summed E-state index contributed by atoms with van der Waals surface area (Å²) in [6.45, 7) is 0.529. The molecule has 6 nitrogen and oxygen atoms in total. The van der Waals surface area contributed by atoms with Gasteiger partial charge in [0.25, 0.3) is 0 Å². The first-order chi connectivity index (χ1) is 9.49. The van der Waals surface area contributed by atoms with Crippen molar-refractivity contribution in [3.8, 4) is 11.8 Å².